The van der Waals surface area contributed by atoms with Gasteiger partial charge in [0.2, 0.25) is 0 Å². The lowest BCUT2D eigenvalue weighted by Crippen LogP contribution is -2.47. The zero-order valence-electron chi connectivity index (χ0n) is 18.4. The van der Waals surface area contributed by atoms with Crippen LogP contribution in [0.2, 0.25) is 0 Å². The van der Waals surface area contributed by atoms with E-state index in [0.717, 1.165) is 16.7 Å². The minimum atomic E-state index is -3.79. The van der Waals surface area contributed by atoms with E-state index in [1.807, 2.05) is 13.0 Å². The van der Waals surface area contributed by atoms with Gasteiger partial charge in [-0.15, -0.1) is 0 Å². The molecule has 0 radical (unpaired) electrons. The van der Waals surface area contributed by atoms with Gasteiger partial charge in [0.05, 0.1) is 31.3 Å². The highest BCUT2D eigenvalue weighted by Crippen LogP contribution is 2.48. The van der Waals surface area contributed by atoms with Crippen LogP contribution in [0.15, 0.2) is 53.4 Å². The van der Waals surface area contributed by atoms with E-state index in [9.17, 15) is 18.0 Å². The van der Waals surface area contributed by atoms with Gasteiger partial charge in [0.15, 0.2) is 5.41 Å². The van der Waals surface area contributed by atoms with Gasteiger partial charge in [-0.1, -0.05) is 42.8 Å². The maximum atomic E-state index is 13.5. The lowest BCUT2D eigenvalue weighted by atomic mass is 9.72. The Morgan fingerprint density at radius 1 is 1.03 bits per heavy atom. The average molecular weight is 456 g/mol. The summed E-state index contributed by atoms with van der Waals surface area (Å²) < 4.78 is 38.3. The van der Waals surface area contributed by atoms with Crippen LogP contribution in [0.1, 0.15) is 23.6 Å². The average Bonchev–Trinajstić information content (AvgIpc) is 3.10. The van der Waals surface area contributed by atoms with Gasteiger partial charge in [-0.25, -0.2) is 8.42 Å². The van der Waals surface area contributed by atoms with Crippen molar-refractivity contribution in [3.05, 3.63) is 65.2 Å². The van der Waals surface area contributed by atoms with E-state index in [1.165, 1.54) is 18.5 Å². The van der Waals surface area contributed by atoms with Crippen LogP contribution in [0.3, 0.4) is 0 Å². The molecule has 7 nitrogen and oxygen atoms in total. The number of sulfonamides is 1. The third kappa shape index (κ3) is 3.12. The molecule has 0 saturated heterocycles. The van der Waals surface area contributed by atoms with Crippen LogP contribution in [0.25, 0.3) is 5.57 Å². The van der Waals surface area contributed by atoms with E-state index in [-0.39, 0.29) is 17.9 Å². The predicted molar refractivity (Wildman–Crippen MR) is 119 cm³/mol. The Hall–Kier alpha value is -3.13. The summed E-state index contributed by atoms with van der Waals surface area (Å²) in [7, 11) is -1.30. The van der Waals surface area contributed by atoms with Gasteiger partial charge in [-0.3, -0.25) is 13.9 Å². The number of rotatable bonds is 4. The number of allylic oxidation sites excluding steroid dienone is 1. The molecule has 0 saturated carbocycles. The van der Waals surface area contributed by atoms with Crippen molar-refractivity contribution in [2.24, 2.45) is 11.3 Å². The fourth-order valence-corrected chi connectivity index (χ4v) is 6.14. The summed E-state index contributed by atoms with van der Waals surface area (Å²) in [5.41, 5.74) is 2.16. The topological polar surface area (TPSA) is 90.0 Å². The first kappa shape index (κ1) is 22.1. The molecule has 168 valence electrons. The Morgan fingerprint density at radius 2 is 1.66 bits per heavy atom. The summed E-state index contributed by atoms with van der Waals surface area (Å²) in [5, 5.41) is 0. The molecule has 1 aliphatic carbocycles. The van der Waals surface area contributed by atoms with Crippen LogP contribution in [0.5, 0.6) is 0 Å². The molecular weight excluding hydrogens is 430 g/mol. The second-order valence-corrected chi connectivity index (χ2v) is 10.1. The van der Waals surface area contributed by atoms with Gasteiger partial charge in [-0.2, -0.15) is 0 Å². The van der Waals surface area contributed by atoms with Gasteiger partial charge in [0.25, 0.3) is 10.0 Å². The monoisotopic (exact) mass is 455 g/mol. The standard InChI is InChI=1S/C24H25NO6S/c1-15-8-10-19(11-9-15)32(28,29)25-14-18-12-16(2)24(22(26)30-3,23(27)31-4)13-17-6-5-7-20(25)21(17)18/h5-12,16H,13-14H2,1-4H3. The number of anilines is 1. The quantitative estimate of drug-likeness (QED) is 0.520. The van der Waals surface area contributed by atoms with Crippen LogP contribution < -0.4 is 4.31 Å². The second-order valence-electron chi connectivity index (χ2n) is 8.25. The SMILES string of the molecule is COC(=O)C1(C(=O)OC)Cc2cccc3c2C(=CC1C)CN3S(=O)(=O)c1ccc(C)cc1. The lowest BCUT2D eigenvalue weighted by molar-refractivity contribution is -0.172. The highest BCUT2D eigenvalue weighted by atomic mass is 32.2. The number of carbonyl (C=O) groups is 2. The predicted octanol–water partition coefficient (Wildman–Crippen LogP) is 3.11. The maximum Gasteiger partial charge on any atom is 0.324 e. The van der Waals surface area contributed by atoms with Crippen LogP contribution in [0, 0.1) is 18.3 Å². The maximum absolute atomic E-state index is 13.5. The van der Waals surface area contributed by atoms with Crippen LogP contribution in [0.4, 0.5) is 5.69 Å². The summed E-state index contributed by atoms with van der Waals surface area (Å²) in [6.07, 6.45) is 1.85. The van der Waals surface area contributed by atoms with Crippen molar-refractivity contribution < 1.29 is 27.5 Å². The molecule has 0 amide bonds. The van der Waals surface area contributed by atoms with Crippen molar-refractivity contribution in [1.29, 1.82) is 0 Å². The van der Waals surface area contributed by atoms with Gasteiger partial charge in [0.1, 0.15) is 0 Å². The number of methoxy groups -OCH3 is 2. The Labute approximate surface area is 187 Å². The number of esters is 2. The number of nitrogens with zero attached hydrogens (tertiary/aromatic N) is 1. The molecule has 0 spiro atoms. The molecular formula is C24H25NO6S. The third-order valence-electron chi connectivity index (χ3n) is 6.44. The molecule has 1 atom stereocenters. The summed E-state index contributed by atoms with van der Waals surface area (Å²) in [6, 6.07) is 12.0. The van der Waals surface area contributed by atoms with Gasteiger partial charge in [0, 0.05) is 17.9 Å². The fourth-order valence-electron chi connectivity index (χ4n) is 4.69. The number of carbonyl (C=O) groups excluding carboxylic acids is 2. The Kier molecular flexibility index (Phi) is 5.36. The first-order valence-corrected chi connectivity index (χ1v) is 11.7. The van der Waals surface area contributed by atoms with Crippen LogP contribution in [-0.2, 0) is 35.5 Å². The summed E-state index contributed by atoms with van der Waals surface area (Å²) in [5.74, 6) is -1.91. The minimum absolute atomic E-state index is 0.0507. The van der Waals surface area contributed by atoms with Crippen molar-refractivity contribution >= 4 is 33.2 Å². The lowest BCUT2D eigenvalue weighted by Gasteiger charge is -2.32. The van der Waals surface area contributed by atoms with E-state index in [0.29, 0.717) is 11.3 Å². The molecule has 1 heterocycles. The highest BCUT2D eigenvalue weighted by molar-refractivity contribution is 7.92. The molecule has 2 aromatic rings. The Bertz CT molecular complexity index is 1210. The summed E-state index contributed by atoms with van der Waals surface area (Å²) in [6.45, 7) is 3.77. The van der Waals surface area contributed by atoms with E-state index >= 15 is 0 Å². The molecule has 0 bridgehead atoms. The largest absolute Gasteiger partial charge is 0.468 e. The van der Waals surface area contributed by atoms with E-state index in [2.05, 4.69) is 0 Å². The summed E-state index contributed by atoms with van der Waals surface area (Å²) in [4.78, 5) is 25.9. The molecule has 32 heavy (non-hydrogen) atoms. The van der Waals surface area contributed by atoms with E-state index in [1.54, 1.807) is 49.4 Å². The zero-order chi connectivity index (χ0) is 23.3. The molecule has 1 aliphatic heterocycles. The van der Waals surface area contributed by atoms with Gasteiger partial charge in [-0.05, 0) is 36.3 Å². The number of benzene rings is 2. The number of hydrogen-bond acceptors (Lipinski definition) is 6. The van der Waals surface area contributed by atoms with Crippen LogP contribution >= 0.6 is 0 Å². The molecule has 4 rings (SSSR count). The van der Waals surface area contributed by atoms with Crippen molar-refractivity contribution in [3.63, 3.8) is 0 Å². The highest BCUT2D eigenvalue weighted by Gasteiger charge is 2.54. The number of aryl methyl sites for hydroxylation is 1. The van der Waals surface area contributed by atoms with Crippen molar-refractivity contribution in [2.75, 3.05) is 25.1 Å². The molecule has 0 aromatic heterocycles. The normalized spacial score (nSPS) is 18.9. The zero-order valence-corrected chi connectivity index (χ0v) is 19.2. The van der Waals surface area contributed by atoms with E-state index in [4.69, 9.17) is 9.47 Å². The summed E-state index contributed by atoms with van der Waals surface area (Å²) >= 11 is 0. The molecule has 0 fully saturated rings. The van der Waals surface area contributed by atoms with E-state index < -0.39 is 33.3 Å². The Morgan fingerprint density at radius 3 is 2.25 bits per heavy atom. The van der Waals surface area contributed by atoms with Gasteiger partial charge >= 0.3 is 11.9 Å². The molecule has 2 aliphatic rings. The van der Waals surface area contributed by atoms with Crippen molar-refractivity contribution in [1.82, 2.24) is 0 Å². The third-order valence-corrected chi connectivity index (χ3v) is 8.21. The fraction of sp³-hybridized carbons (Fsp3) is 0.333. The smallest absolute Gasteiger partial charge is 0.324 e. The molecule has 8 heteroatoms. The molecule has 0 N–H and O–H groups in total. The second kappa shape index (κ2) is 7.78. The van der Waals surface area contributed by atoms with Crippen molar-refractivity contribution in [2.45, 2.75) is 25.2 Å². The first-order valence-electron chi connectivity index (χ1n) is 10.3. The molecule has 2 aromatic carbocycles. The molecule has 1 unspecified atom stereocenters. The number of ether oxygens (including phenoxy) is 2. The van der Waals surface area contributed by atoms with Gasteiger partial charge < -0.3 is 9.47 Å². The number of hydrogen-bond donors (Lipinski definition) is 0. The van der Waals surface area contributed by atoms with Crippen LogP contribution in [-0.4, -0.2) is 41.1 Å². The first-order chi connectivity index (χ1) is 15.2. The Balaban J connectivity index is 1.87. The minimum Gasteiger partial charge on any atom is -0.468 e. The van der Waals surface area contributed by atoms with Crippen molar-refractivity contribution in [3.8, 4) is 0 Å².